The molecule has 0 saturated heterocycles. The van der Waals surface area contributed by atoms with Crippen LogP contribution in [0.2, 0.25) is 0 Å². The summed E-state index contributed by atoms with van der Waals surface area (Å²) in [6.45, 7) is 6.13. The summed E-state index contributed by atoms with van der Waals surface area (Å²) in [7, 11) is 0. The Hall–Kier alpha value is -0.860. The van der Waals surface area contributed by atoms with Crippen LogP contribution in [0.1, 0.15) is 56.7 Å². The van der Waals surface area contributed by atoms with Gasteiger partial charge in [0.05, 0.1) is 18.8 Å². The highest BCUT2D eigenvalue weighted by Gasteiger charge is 2.18. The minimum Gasteiger partial charge on any atom is -0.376 e. The first-order valence-electron chi connectivity index (χ1n) is 7.77. The first-order chi connectivity index (χ1) is 9.33. The van der Waals surface area contributed by atoms with Gasteiger partial charge in [-0.2, -0.15) is 0 Å². The molecule has 2 rings (SSSR count). The van der Waals surface area contributed by atoms with Crippen LogP contribution >= 0.6 is 0 Å². The predicted molar refractivity (Wildman–Crippen MR) is 80.4 cm³/mol. The SMILES string of the molecule is CCNC(COC1CCCC1)c1ccc(CC)cc1. The van der Waals surface area contributed by atoms with Gasteiger partial charge >= 0.3 is 0 Å². The maximum Gasteiger partial charge on any atom is 0.0665 e. The zero-order valence-corrected chi connectivity index (χ0v) is 12.3. The Morgan fingerprint density at radius 3 is 2.42 bits per heavy atom. The molecule has 1 aromatic carbocycles. The molecule has 1 unspecified atom stereocenters. The van der Waals surface area contributed by atoms with Crippen molar-refractivity contribution in [2.45, 2.75) is 58.1 Å². The molecule has 106 valence electrons. The second-order valence-corrected chi connectivity index (χ2v) is 5.45. The molecule has 0 bridgehead atoms. The molecule has 1 atom stereocenters. The molecule has 1 fully saturated rings. The van der Waals surface area contributed by atoms with Crippen molar-refractivity contribution in [2.75, 3.05) is 13.2 Å². The third-order valence-corrected chi connectivity index (χ3v) is 4.04. The largest absolute Gasteiger partial charge is 0.376 e. The van der Waals surface area contributed by atoms with Gasteiger partial charge in [-0.15, -0.1) is 0 Å². The van der Waals surface area contributed by atoms with Crippen LogP contribution in [0.25, 0.3) is 0 Å². The summed E-state index contributed by atoms with van der Waals surface area (Å²) in [4.78, 5) is 0. The normalized spacial score (nSPS) is 17.8. The highest BCUT2D eigenvalue weighted by atomic mass is 16.5. The lowest BCUT2D eigenvalue weighted by molar-refractivity contribution is 0.0428. The van der Waals surface area contributed by atoms with E-state index in [4.69, 9.17) is 4.74 Å². The van der Waals surface area contributed by atoms with E-state index < -0.39 is 0 Å². The fourth-order valence-electron chi connectivity index (χ4n) is 2.79. The molecule has 1 N–H and O–H groups in total. The van der Waals surface area contributed by atoms with Crippen molar-refractivity contribution in [3.63, 3.8) is 0 Å². The lowest BCUT2D eigenvalue weighted by atomic mass is 10.0. The average molecular weight is 261 g/mol. The van der Waals surface area contributed by atoms with E-state index in [1.807, 2.05) is 0 Å². The predicted octanol–water partition coefficient (Wildman–Crippen LogP) is 3.86. The average Bonchev–Trinajstić information content (AvgIpc) is 2.97. The van der Waals surface area contributed by atoms with Gasteiger partial charge in [0.2, 0.25) is 0 Å². The Morgan fingerprint density at radius 2 is 1.84 bits per heavy atom. The summed E-state index contributed by atoms with van der Waals surface area (Å²) in [5.41, 5.74) is 2.74. The quantitative estimate of drug-likeness (QED) is 0.804. The van der Waals surface area contributed by atoms with E-state index in [1.54, 1.807) is 0 Å². The Kier molecular flexibility index (Phi) is 5.87. The third-order valence-electron chi connectivity index (χ3n) is 4.04. The zero-order chi connectivity index (χ0) is 13.5. The van der Waals surface area contributed by atoms with Gasteiger partial charge in [0, 0.05) is 0 Å². The molecule has 0 spiro atoms. The minimum absolute atomic E-state index is 0.330. The molecule has 1 saturated carbocycles. The van der Waals surface area contributed by atoms with Gasteiger partial charge in [-0.05, 0) is 36.9 Å². The van der Waals surface area contributed by atoms with Gasteiger partial charge in [0.15, 0.2) is 0 Å². The highest BCUT2D eigenvalue weighted by Crippen LogP contribution is 2.23. The smallest absolute Gasteiger partial charge is 0.0665 e. The van der Waals surface area contributed by atoms with Gasteiger partial charge in [-0.25, -0.2) is 0 Å². The number of hydrogen-bond acceptors (Lipinski definition) is 2. The summed E-state index contributed by atoms with van der Waals surface area (Å²) in [6, 6.07) is 9.27. The third kappa shape index (κ3) is 4.32. The lowest BCUT2D eigenvalue weighted by Crippen LogP contribution is -2.27. The van der Waals surface area contributed by atoms with E-state index in [9.17, 15) is 0 Å². The first-order valence-corrected chi connectivity index (χ1v) is 7.77. The molecule has 0 aliphatic heterocycles. The van der Waals surface area contributed by atoms with Gasteiger partial charge < -0.3 is 10.1 Å². The van der Waals surface area contributed by atoms with Crippen LogP contribution in [0.3, 0.4) is 0 Å². The maximum atomic E-state index is 6.07. The van der Waals surface area contributed by atoms with Gasteiger partial charge in [0.25, 0.3) is 0 Å². The highest BCUT2D eigenvalue weighted by molar-refractivity contribution is 5.25. The fraction of sp³-hybridized carbons (Fsp3) is 0.647. The van der Waals surface area contributed by atoms with E-state index in [1.165, 1.54) is 36.8 Å². The molecule has 1 aromatic rings. The van der Waals surface area contributed by atoms with E-state index in [0.717, 1.165) is 19.6 Å². The molecule has 2 nitrogen and oxygen atoms in total. The number of likely N-dealkylation sites (N-methyl/N-ethyl adjacent to an activating group) is 1. The Balaban J connectivity index is 1.92. The van der Waals surface area contributed by atoms with Gasteiger partial charge in [-0.1, -0.05) is 51.0 Å². The van der Waals surface area contributed by atoms with Gasteiger partial charge in [-0.3, -0.25) is 0 Å². The Labute approximate surface area is 117 Å². The molecule has 1 aliphatic rings. The van der Waals surface area contributed by atoms with Crippen molar-refractivity contribution in [1.82, 2.24) is 5.32 Å². The zero-order valence-electron chi connectivity index (χ0n) is 12.3. The number of rotatable bonds is 7. The van der Waals surface area contributed by atoms with Crippen molar-refractivity contribution in [3.8, 4) is 0 Å². The summed E-state index contributed by atoms with van der Waals surface area (Å²) in [5, 5.41) is 3.54. The monoisotopic (exact) mass is 261 g/mol. The van der Waals surface area contributed by atoms with Crippen LogP contribution in [0.5, 0.6) is 0 Å². The van der Waals surface area contributed by atoms with E-state index in [2.05, 4.69) is 43.4 Å². The van der Waals surface area contributed by atoms with Crippen molar-refractivity contribution in [3.05, 3.63) is 35.4 Å². The van der Waals surface area contributed by atoms with E-state index >= 15 is 0 Å². The maximum absolute atomic E-state index is 6.07. The molecule has 0 aromatic heterocycles. The Bertz CT molecular complexity index is 354. The second kappa shape index (κ2) is 7.66. The summed E-state index contributed by atoms with van der Waals surface area (Å²) < 4.78 is 6.07. The van der Waals surface area contributed by atoms with Crippen LogP contribution in [0, 0.1) is 0 Å². The molecule has 1 aliphatic carbocycles. The van der Waals surface area contributed by atoms with Gasteiger partial charge in [0.1, 0.15) is 0 Å². The van der Waals surface area contributed by atoms with Crippen molar-refractivity contribution < 1.29 is 4.74 Å². The number of benzene rings is 1. The van der Waals surface area contributed by atoms with Crippen LogP contribution in [-0.2, 0) is 11.2 Å². The van der Waals surface area contributed by atoms with Crippen LogP contribution in [0.15, 0.2) is 24.3 Å². The van der Waals surface area contributed by atoms with E-state index in [0.29, 0.717) is 12.1 Å². The lowest BCUT2D eigenvalue weighted by Gasteiger charge is -2.21. The molecule has 19 heavy (non-hydrogen) atoms. The summed E-state index contributed by atoms with van der Waals surface area (Å²) >= 11 is 0. The second-order valence-electron chi connectivity index (χ2n) is 5.45. The molecule has 0 amide bonds. The van der Waals surface area contributed by atoms with Crippen LogP contribution in [-0.4, -0.2) is 19.3 Å². The van der Waals surface area contributed by atoms with E-state index in [-0.39, 0.29) is 0 Å². The van der Waals surface area contributed by atoms with Crippen molar-refractivity contribution >= 4 is 0 Å². The van der Waals surface area contributed by atoms with Crippen LogP contribution < -0.4 is 5.32 Å². The minimum atomic E-state index is 0.330. The first kappa shape index (κ1) is 14.5. The number of ether oxygens (including phenoxy) is 1. The summed E-state index contributed by atoms with van der Waals surface area (Å²) in [6.07, 6.45) is 6.76. The van der Waals surface area contributed by atoms with Crippen molar-refractivity contribution in [1.29, 1.82) is 0 Å². The standard InChI is InChI=1S/C17H27NO/c1-3-14-9-11-15(12-10-14)17(18-4-2)13-19-16-7-5-6-8-16/h9-12,16-18H,3-8,13H2,1-2H3. The summed E-state index contributed by atoms with van der Waals surface area (Å²) in [5.74, 6) is 0. The number of hydrogen-bond donors (Lipinski definition) is 1. The topological polar surface area (TPSA) is 21.3 Å². The molecular formula is C17H27NO. The van der Waals surface area contributed by atoms with Crippen molar-refractivity contribution in [2.24, 2.45) is 0 Å². The van der Waals surface area contributed by atoms with Crippen LogP contribution in [0.4, 0.5) is 0 Å². The molecule has 2 heteroatoms. The Morgan fingerprint density at radius 1 is 1.16 bits per heavy atom. The molecule has 0 heterocycles. The number of nitrogens with one attached hydrogen (secondary N) is 1. The fourth-order valence-corrected chi connectivity index (χ4v) is 2.79. The molecular weight excluding hydrogens is 234 g/mol. The molecule has 0 radical (unpaired) electrons. The number of aryl methyl sites for hydroxylation is 1.